The molecule has 0 amide bonds. The molecule has 2 aliphatic rings. The second-order valence-electron chi connectivity index (χ2n) is 7.71. The molecule has 1 aromatic carbocycles. The van der Waals surface area contributed by atoms with E-state index in [2.05, 4.69) is 12.2 Å². The molecule has 0 aliphatic heterocycles. The largest absolute Gasteiger partial charge is 0.497 e. The summed E-state index contributed by atoms with van der Waals surface area (Å²) in [6.07, 6.45) is 2.66. The number of aryl methyl sites for hydroxylation is 2. The number of fused-ring (bicyclic) bond motifs is 1. The number of ether oxygens (including phenoxy) is 2. The van der Waals surface area contributed by atoms with E-state index in [1.54, 1.807) is 18.4 Å². The number of thiophene rings is 1. The average Bonchev–Trinajstić information content (AvgIpc) is 3.25. The molecule has 1 fully saturated rings. The Labute approximate surface area is 181 Å². The van der Waals surface area contributed by atoms with Gasteiger partial charge in [-0.15, -0.1) is 23.7 Å². The van der Waals surface area contributed by atoms with Crippen molar-refractivity contribution in [2.24, 2.45) is 5.92 Å². The lowest BCUT2D eigenvalue weighted by atomic mass is 9.87. The van der Waals surface area contributed by atoms with E-state index in [-0.39, 0.29) is 36.3 Å². The van der Waals surface area contributed by atoms with Crippen LogP contribution in [0, 0.1) is 12.8 Å². The van der Waals surface area contributed by atoms with Crippen molar-refractivity contribution in [2.75, 3.05) is 13.7 Å². The van der Waals surface area contributed by atoms with Gasteiger partial charge in [-0.05, 0) is 62.9 Å². The fourth-order valence-corrected chi connectivity index (χ4v) is 5.28. The zero-order chi connectivity index (χ0) is 19.7. The summed E-state index contributed by atoms with van der Waals surface area (Å²) in [5.41, 5.74) is 0.910. The summed E-state index contributed by atoms with van der Waals surface area (Å²) < 4.78 is 11.1. The maximum atomic E-state index is 12.7. The molecule has 5 nitrogen and oxygen atoms in total. The minimum Gasteiger partial charge on any atom is -0.497 e. The number of aliphatic hydroxyl groups excluding tert-OH is 1. The quantitative estimate of drug-likeness (QED) is 0.719. The lowest BCUT2D eigenvalue weighted by molar-refractivity contribution is 0.0441. The summed E-state index contributed by atoms with van der Waals surface area (Å²) in [5.74, 6) is 1.75. The van der Waals surface area contributed by atoms with Crippen molar-refractivity contribution in [3.05, 3.63) is 45.6 Å². The number of hydrogen-bond acceptors (Lipinski definition) is 6. The Kier molecular flexibility index (Phi) is 7.22. The molecule has 29 heavy (non-hydrogen) atoms. The minimum absolute atomic E-state index is 0. The Hall–Kier alpha value is -1.60. The molecule has 4 rings (SSSR count). The van der Waals surface area contributed by atoms with Crippen LogP contribution in [0.5, 0.6) is 11.5 Å². The van der Waals surface area contributed by atoms with E-state index >= 15 is 0 Å². The average molecular weight is 438 g/mol. The molecular weight excluding hydrogens is 410 g/mol. The van der Waals surface area contributed by atoms with Gasteiger partial charge in [0.1, 0.15) is 23.7 Å². The lowest BCUT2D eigenvalue weighted by Crippen LogP contribution is -2.44. The third kappa shape index (κ3) is 4.77. The Morgan fingerprint density at radius 1 is 1.17 bits per heavy atom. The first kappa shape index (κ1) is 22.1. The second-order valence-corrected chi connectivity index (χ2v) is 9.05. The van der Waals surface area contributed by atoms with E-state index in [1.165, 1.54) is 9.75 Å². The first-order chi connectivity index (χ1) is 13.5. The molecule has 0 radical (unpaired) electrons. The predicted octanol–water partition coefficient (Wildman–Crippen LogP) is 3.79. The molecule has 0 bridgehead atoms. The van der Waals surface area contributed by atoms with E-state index in [0.29, 0.717) is 6.54 Å². The molecule has 1 heterocycles. The normalized spacial score (nSPS) is 26.0. The van der Waals surface area contributed by atoms with Crippen molar-refractivity contribution < 1.29 is 19.4 Å². The van der Waals surface area contributed by atoms with Gasteiger partial charge in [-0.1, -0.05) is 0 Å². The Morgan fingerprint density at radius 3 is 2.62 bits per heavy atom. The Bertz CT molecular complexity index is 838. The van der Waals surface area contributed by atoms with Gasteiger partial charge in [-0.2, -0.15) is 0 Å². The molecule has 2 aromatic rings. The number of methoxy groups -OCH3 is 1. The molecule has 2 N–H and O–H groups in total. The number of benzene rings is 1. The van der Waals surface area contributed by atoms with Crippen LogP contribution in [0.15, 0.2) is 30.3 Å². The first-order valence-corrected chi connectivity index (χ1v) is 10.7. The van der Waals surface area contributed by atoms with Gasteiger partial charge in [-0.3, -0.25) is 4.79 Å². The molecule has 7 heteroatoms. The lowest BCUT2D eigenvalue weighted by Gasteiger charge is -2.25. The molecule has 2 aliphatic carbocycles. The van der Waals surface area contributed by atoms with Crippen molar-refractivity contribution in [2.45, 2.75) is 50.9 Å². The van der Waals surface area contributed by atoms with Crippen LogP contribution in [-0.2, 0) is 6.42 Å². The number of rotatable bonds is 6. The molecule has 4 atom stereocenters. The van der Waals surface area contributed by atoms with Crippen LogP contribution in [0.1, 0.15) is 39.4 Å². The highest BCUT2D eigenvalue weighted by atomic mass is 35.5. The summed E-state index contributed by atoms with van der Waals surface area (Å²) in [6.45, 7) is 2.67. The standard InChI is InChI=1S/C22H27NO4S.ClH/c1-13-11-17-20(28-13)10-3-14(21(17)24)12-23-18-8-9-19(22(18)25)27-16-6-4-15(26-2)5-7-16;/h4-7,11,14,18-19,22-23,25H,3,8-10,12H2,1-2H3;1H/t14?,18-,19-,22-;/m1./s1. The SMILES string of the molecule is COc1ccc(O[C@@H]2CC[C@@H](NCC3CCc4sc(C)cc4C3=O)[C@H]2O)cc1.Cl. The third-order valence-corrected chi connectivity index (χ3v) is 6.93. The van der Waals surface area contributed by atoms with Crippen molar-refractivity contribution >= 4 is 29.5 Å². The number of hydrogen-bond donors (Lipinski definition) is 2. The summed E-state index contributed by atoms with van der Waals surface area (Å²) in [6, 6.07) is 9.39. The molecular formula is C22H28ClNO4S. The minimum atomic E-state index is -0.584. The monoisotopic (exact) mass is 437 g/mol. The summed E-state index contributed by atoms with van der Waals surface area (Å²) >= 11 is 1.74. The first-order valence-electron chi connectivity index (χ1n) is 9.91. The highest BCUT2D eigenvalue weighted by Crippen LogP contribution is 2.32. The maximum Gasteiger partial charge on any atom is 0.168 e. The van der Waals surface area contributed by atoms with Crippen molar-refractivity contribution in [3.63, 3.8) is 0 Å². The molecule has 0 saturated heterocycles. The van der Waals surface area contributed by atoms with E-state index in [4.69, 9.17) is 9.47 Å². The number of ketones is 1. The maximum absolute atomic E-state index is 12.7. The number of aliphatic hydroxyl groups is 1. The number of carbonyl (C=O) groups is 1. The number of nitrogens with one attached hydrogen (secondary N) is 1. The highest BCUT2D eigenvalue weighted by molar-refractivity contribution is 7.12. The van der Waals surface area contributed by atoms with Gasteiger partial charge >= 0.3 is 0 Å². The summed E-state index contributed by atoms with van der Waals surface area (Å²) in [7, 11) is 1.63. The number of halogens is 1. The van der Waals surface area contributed by atoms with Crippen molar-refractivity contribution in [3.8, 4) is 11.5 Å². The third-order valence-electron chi connectivity index (χ3n) is 5.82. The van der Waals surface area contributed by atoms with Gasteiger partial charge in [0.2, 0.25) is 0 Å². The van der Waals surface area contributed by atoms with Crippen LogP contribution in [0.3, 0.4) is 0 Å². The van der Waals surface area contributed by atoms with Gasteiger partial charge in [0, 0.05) is 33.8 Å². The van der Waals surface area contributed by atoms with E-state index in [1.807, 2.05) is 30.3 Å². The molecule has 1 saturated carbocycles. The van der Waals surface area contributed by atoms with Crippen LogP contribution in [0.25, 0.3) is 0 Å². The zero-order valence-electron chi connectivity index (χ0n) is 16.7. The van der Waals surface area contributed by atoms with Crippen LogP contribution in [-0.4, -0.2) is 42.8 Å². The fraction of sp³-hybridized carbons (Fsp3) is 0.500. The summed E-state index contributed by atoms with van der Waals surface area (Å²) in [5, 5.41) is 14.1. The van der Waals surface area contributed by atoms with Crippen molar-refractivity contribution in [1.82, 2.24) is 5.32 Å². The smallest absolute Gasteiger partial charge is 0.168 e. The van der Waals surface area contributed by atoms with E-state index in [0.717, 1.165) is 42.7 Å². The Balaban J connectivity index is 0.00000240. The van der Waals surface area contributed by atoms with Gasteiger partial charge in [0.25, 0.3) is 0 Å². The molecule has 0 spiro atoms. The van der Waals surface area contributed by atoms with E-state index < -0.39 is 6.10 Å². The zero-order valence-corrected chi connectivity index (χ0v) is 18.4. The number of carbonyl (C=O) groups excluding carboxylic acids is 1. The fourth-order valence-electron chi connectivity index (χ4n) is 4.23. The van der Waals surface area contributed by atoms with Gasteiger partial charge in [-0.25, -0.2) is 0 Å². The van der Waals surface area contributed by atoms with Gasteiger partial charge in [0.15, 0.2) is 5.78 Å². The van der Waals surface area contributed by atoms with E-state index in [9.17, 15) is 9.90 Å². The second kappa shape index (κ2) is 9.47. The van der Waals surface area contributed by atoms with Gasteiger partial charge in [0.05, 0.1) is 7.11 Å². The van der Waals surface area contributed by atoms with Crippen LogP contribution < -0.4 is 14.8 Å². The van der Waals surface area contributed by atoms with Crippen LogP contribution in [0.4, 0.5) is 0 Å². The Morgan fingerprint density at radius 2 is 1.90 bits per heavy atom. The van der Waals surface area contributed by atoms with Gasteiger partial charge < -0.3 is 19.9 Å². The number of Topliss-reactive ketones (excluding diaryl/α,β-unsaturated/α-hetero) is 1. The van der Waals surface area contributed by atoms with Crippen LogP contribution in [0.2, 0.25) is 0 Å². The van der Waals surface area contributed by atoms with Crippen LogP contribution >= 0.6 is 23.7 Å². The predicted molar refractivity (Wildman–Crippen MR) is 117 cm³/mol. The van der Waals surface area contributed by atoms with Crippen molar-refractivity contribution in [1.29, 1.82) is 0 Å². The highest BCUT2D eigenvalue weighted by Gasteiger charge is 2.37. The summed E-state index contributed by atoms with van der Waals surface area (Å²) in [4.78, 5) is 15.2. The molecule has 158 valence electrons. The topological polar surface area (TPSA) is 67.8 Å². The molecule has 1 unspecified atom stereocenters. The molecule has 1 aromatic heterocycles.